The molecular formula is C15H16Cl2O4. The van der Waals surface area contributed by atoms with Crippen molar-refractivity contribution < 1.29 is 19.4 Å². The minimum absolute atomic E-state index is 0.0154. The first-order chi connectivity index (χ1) is 9.95. The highest BCUT2D eigenvalue weighted by Crippen LogP contribution is 2.40. The van der Waals surface area contributed by atoms with E-state index in [0.717, 1.165) is 24.8 Å². The number of aliphatic carboxylic acids is 1. The van der Waals surface area contributed by atoms with Gasteiger partial charge in [-0.2, -0.15) is 0 Å². The largest absolute Gasteiger partial charge is 0.480 e. The SMILES string of the molecule is CCC1CCCc2cc(OCC(=O)O)c(Cl)c(Cl)c2C1=O. The van der Waals surface area contributed by atoms with Crippen LogP contribution in [0.1, 0.15) is 42.1 Å². The number of hydrogen-bond acceptors (Lipinski definition) is 3. The Balaban J connectivity index is 2.45. The van der Waals surface area contributed by atoms with Crippen molar-refractivity contribution in [3.05, 3.63) is 27.2 Å². The summed E-state index contributed by atoms with van der Waals surface area (Å²) < 4.78 is 5.15. The number of rotatable bonds is 4. The van der Waals surface area contributed by atoms with Gasteiger partial charge in [-0.05, 0) is 37.3 Å². The van der Waals surface area contributed by atoms with Gasteiger partial charge in [0, 0.05) is 11.5 Å². The number of ketones is 1. The van der Waals surface area contributed by atoms with Crippen LogP contribution >= 0.6 is 23.2 Å². The molecule has 0 saturated carbocycles. The fourth-order valence-electron chi connectivity index (χ4n) is 2.62. The summed E-state index contributed by atoms with van der Waals surface area (Å²) >= 11 is 12.4. The summed E-state index contributed by atoms with van der Waals surface area (Å²) in [6.45, 7) is 1.48. The van der Waals surface area contributed by atoms with Crippen LogP contribution in [0, 0.1) is 5.92 Å². The molecular weight excluding hydrogens is 315 g/mol. The molecule has 1 aromatic carbocycles. The van der Waals surface area contributed by atoms with Gasteiger partial charge in [-0.25, -0.2) is 4.79 Å². The smallest absolute Gasteiger partial charge is 0.341 e. The average molecular weight is 331 g/mol. The van der Waals surface area contributed by atoms with Gasteiger partial charge < -0.3 is 9.84 Å². The zero-order chi connectivity index (χ0) is 15.6. The van der Waals surface area contributed by atoms with Crippen molar-refractivity contribution in [2.75, 3.05) is 6.61 Å². The number of carbonyl (C=O) groups is 2. The number of benzene rings is 1. The third-order valence-corrected chi connectivity index (χ3v) is 4.56. The fraction of sp³-hybridized carbons (Fsp3) is 0.467. The topological polar surface area (TPSA) is 63.6 Å². The summed E-state index contributed by atoms with van der Waals surface area (Å²) in [5, 5.41) is 8.94. The van der Waals surface area contributed by atoms with Crippen LogP contribution in [0.2, 0.25) is 10.0 Å². The second-order valence-corrected chi connectivity index (χ2v) is 5.84. The molecule has 0 fully saturated rings. The number of ether oxygens (including phenoxy) is 1. The number of hydrogen-bond donors (Lipinski definition) is 1. The van der Waals surface area contributed by atoms with Crippen molar-refractivity contribution in [1.29, 1.82) is 0 Å². The lowest BCUT2D eigenvalue weighted by molar-refractivity contribution is -0.139. The molecule has 1 unspecified atom stereocenters. The molecule has 0 amide bonds. The lowest BCUT2D eigenvalue weighted by atomic mass is 9.93. The molecule has 1 aromatic rings. The molecule has 1 atom stereocenters. The molecule has 0 bridgehead atoms. The Morgan fingerprint density at radius 3 is 2.76 bits per heavy atom. The molecule has 0 aromatic heterocycles. The summed E-state index contributed by atoms with van der Waals surface area (Å²) in [6, 6.07) is 1.64. The second kappa shape index (κ2) is 6.67. The Bertz CT molecular complexity index is 584. The van der Waals surface area contributed by atoms with E-state index < -0.39 is 12.6 Å². The van der Waals surface area contributed by atoms with Crippen LogP contribution in [-0.2, 0) is 11.2 Å². The van der Waals surface area contributed by atoms with Gasteiger partial charge in [0.15, 0.2) is 12.4 Å². The van der Waals surface area contributed by atoms with Crippen LogP contribution in [0.25, 0.3) is 0 Å². The molecule has 6 heteroatoms. The number of halogens is 2. The summed E-state index contributed by atoms with van der Waals surface area (Å²) in [6.07, 6.45) is 3.18. The zero-order valence-electron chi connectivity index (χ0n) is 11.6. The second-order valence-electron chi connectivity index (χ2n) is 5.08. The molecule has 114 valence electrons. The maximum atomic E-state index is 12.5. The van der Waals surface area contributed by atoms with Crippen molar-refractivity contribution in [3.63, 3.8) is 0 Å². The molecule has 2 rings (SSSR count). The minimum Gasteiger partial charge on any atom is -0.480 e. The molecule has 0 spiro atoms. The average Bonchev–Trinajstić information content (AvgIpc) is 2.60. The molecule has 4 nitrogen and oxygen atoms in total. The van der Waals surface area contributed by atoms with Gasteiger partial charge in [-0.1, -0.05) is 30.1 Å². The summed E-state index contributed by atoms with van der Waals surface area (Å²) in [5.41, 5.74) is 1.25. The third kappa shape index (κ3) is 3.33. The van der Waals surface area contributed by atoms with Gasteiger partial charge in [-0.3, -0.25) is 4.79 Å². The van der Waals surface area contributed by atoms with E-state index in [-0.39, 0.29) is 27.5 Å². The van der Waals surface area contributed by atoms with Gasteiger partial charge in [0.1, 0.15) is 10.8 Å². The maximum Gasteiger partial charge on any atom is 0.341 e. The van der Waals surface area contributed by atoms with E-state index in [1.807, 2.05) is 6.92 Å². The summed E-state index contributed by atoms with van der Waals surface area (Å²) in [5.74, 6) is -0.905. The van der Waals surface area contributed by atoms with E-state index in [9.17, 15) is 9.59 Å². The van der Waals surface area contributed by atoms with Crippen molar-refractivity contribution >= 4 is 35.0 Å². The number of Topliss-reactive ketones (excluding diaryl/α,β-unsaturated/α-hetero) is 1. The Labute approximate surface area is 133 Å². The molecule has 1 aliphatic rings. The van der Waals surface area contributed by atoms with Crippen molar-refractivity contribution in [1.82, 2.24) is 0 Å². The zero-order valence-corrected chi connectivity index (χ0v) is 13.1. The summed E-state index contributed by atoms with van der Waals surface area (Å²) in [7, 11) is 0. The van der Waals surface area contributed by atoms with E-state index in [4.69, 9.17) is 33.0 Å². The fourth-order valence-corrected chi connectivity index (χ4v) is 3.14. The van der Waals surface area contributed by atoms with Gasteiger partial charge in [0.25, 0.3) is 0 Å². The number of carboxylic acid groups (broad SMARTS) is 1. The van der Waals surface area contributed by atoms with Crippen LogP contribution in [0.4, 0.5) is 0 Å². The van der Waals surface area contributed by atoms with Crippen LogP contribution in [0.5, 0.6) is 5.75 Å². The molecule has 0 heterocycles. The van der Waals surface area contributed by atoms with Gasteiger partial charge in [0.2, 0.25) is 0 Å². The standard InChI is InChI=1S/C15H16Cl2O4/c1-2-8-4-3-5-9-6-10(21-7-11(18)19)13(16)14(17)12(9)15(8)20/h6,8H,2-5,7H2,1H3,(H,18,19). The molecule has 0 radical (unpaired) electrons. The van der Waals surface area contributed by atoms with Gasteiger partial charge >= 0.3 is 5.97 Å². The van der Waals surface area contributed by atoms with Crippen LogP contribution in [0.3, 0.4) is 0 Å². The highest BCUT2D eigenvalue weighted by molar-refractivity contribution is 6.45. The Morgan fingerprint density at radius 1 is 1.43 bits per heavy atom. The van der Waals surface area contributed by atoms with E-state index in [1.54, 1.807) is 6.07 Å². The number of carboxylic acids is 1. The Morgan fingerprint density at radius 2 is 2.14 bits per heavy atom. The van der Waals surface area contributed by atoms with Crippen LogP contribution in [-0.4, -0.2) is 23.5 Å². The monoisotopic (exact) mass is 330 g/mol. The first-order valence-electron chi connectivity index (χ1n) is 6.85. The number of fused-ring (bicyclic) bond motifs is 1. The van der Waals surface area contributed by atoms with E-state index in [0.29, 0.717) is 12.0 Å². The molecule has 0 saturated heterocycles. The number of carbonyl (C=O) groups excluding carboxylic acids is 1. The van der Waals surface area contributed by atoms with Crippen molar-refractivity contribution in [2.24, 2.45) is 5.92 Å². The number of aryl methyl sites for hydroxylation is 1. The van der Waals surface area contributed by atoms with Crippen LogP contribution < -0.4 is 4.74 Å². The maximum absolute atomic E-state index is 12.5. The van der Waals surface area contributed by atoms with E-state index in [1.165, 1.54) is 0 Å². The molecule has 0 aliphatic heterocycles. The third-order valence-electron chi connectivity index (χ3n) is 3.71. The van der Waals surface area contributed by atoms with Gasteiger partial charge in [0.05, 0.1) is 5.02 Å². The molecule has 21 heavy (non-hydrogen) atoms. The van der Waals surface area contributed by atoms with Gasteiger partial charge in [-0.15, -0.1) is 0 Å². The van der Waals surface area contributed by atoms with Crippen LogP contribution in [0.15, 0.2) is 6.07 Å². The highest BCUT2D eigenvalue weighted by Gasteiger charge is 2.29. The Hall–Kier alpha value is -1.26. The lowest BCUT2D eigenvalue weighted by Crippen LogP contribution is -2.15. The lowest BCUT2D eigenvalue weighted by Gasteiger charge is -2.15. The predicted molar refractivity (Wildman–Crippen MR) is 80.6 cm³/mol. The molecule has 1 aliphatic carbocycles. The Kier molecular flexibility index (Phi) is 5.12. The van der Waals surface area contributed by atoms with E-state index >= 15 is 0 Å². The predicted octanol–water partition coefficient (Wildman–Crippen LogP) is 4.00. The van der Waals surface area contributed by atoms with Crippen molar-refractivity contribution in [2.45, 2.75) is 32.6 Å². The van der Waals surface area contributed by atoms with Crippen molar-refractivity contribution in [3.8, 4) is 5.75 Å². The quantitative estimate of drug-likeness (QED) is 0.847. The van der Waals surface area contributed by atoms with E-state index in [2.05, 4.69) is 0 Å². The summed E-state index contributed by atoms with van der Waals surface area (Å²) in [4.78, 5) is 23.1. The molecule has 1 N–H and O–H groups in total. The minimum atomic E-state index is -1.10. The first kappa shape index (κ1) is 16.1. The highest BCUT2D eigenvalue weighted by atomic mass is 35.5. The first-order valence-corrected chi connectivity index (χ1v) is 7.61. The normalized spacial score (nSPS) is 18.0.